The fourth-order valence-electron chi connectivity index (χ4n) is 2.47. The highest BCUT2D eigenvalue weighted by Gasteiger charge is 2.42. The average Bonchev–Trinajstić information content (AvgIpc) is 2.27. The monoisotopic (exact) mass is 226 g/mol. The van der Waals surface area contributed by atoms with E-state index in [0.29, 0.717) is 13.1 Å². The molecule has 1 saturated heterocycles. The third-order valence-electron chi connectivity index (χ3n) is 3.33. The lowest BCUT2D eigenvalue weighted by atomic mass is 10.0. The first kappa shape index (κ1) is 13.4. The van der Waals surface area contributed by atoms with Crippen LogP contribution in [-0.2, 0) is 4.74 Å². The quantitative estimate of drug-likeness (QED) is 0.545. The third-order valence-corrected chi connectivity index (χ3v) is 3.33. The van der Waals surface area contributed by atoms with Gasteiger partial charge >= 0.3 is 0 Å². The fourth-order valence-corrected chi connectivity index (χ4v) is 2.47. The molecule has 4 atom stereocenters. The summed E-state index contributed by atoms with van der Waals surface area (Å²) in [6.07, 6.45) is 2.21. The molecule has 0 aromatic heterocycles. The van der Waals surface area contributed by atoms with E-state index in [4.69, 9.17) is 10.00 Å². The van der Waals surface area contributed by atoms with Crippen molar-refractivity contribution in [3.05, 3.63) is 5.21 Å². The van der Waals surface area contributed by atoms with Crippen LogP contribution in [-0.4, -0.2) is 36.0 Å². The van der Waals surface area contributed by atoms with Crippen molar-refractivity contribution < 1.29 is 9.38 Å². The summed E-state index contributed by atoms with van der Waals surface area (Å²) in [6, 6.07) is 1.61. The number of hydrogen-bond donors (Lipinski definition) is 0. The second-order valence-corrected chi connectivity index (χ2v) is 4.55. The van der Waals surface area contributed by atoms with Gasteiger partial charge in [0.2, 0.25) is 6.04 Å². The van der Waals surface area contributed by atoms with Crippen LogP contribution in [0.1, 0.15) is 40.0 Å². The smallest absolute Gasteiger partial charge is 0.202 e. The topological polar surface area (TPSA) is 56.1 Å². The highest BCUT2D eigenvalue weighted by atomic mass is 16.6. The molecule has 4 nitrogen and oxygen atoms in total. The van der Waals surface area contributed by atoms with E-state index in [1.165, 1.54) is 0 Å². The summed E-state index contributed by atoms with van der Waals surface area (Å²) in [5.74, 6) is 0. The molecule has 92 valence electrons. The van der Waals surface area contributed by atoms with E-state index in [-0.39, 0.29) is 16.9 Å². The predicted octanol–water partition coefficient (Wildman–Crippen LogP) is 2.19. The second kappa shape index (κ2) is 5.62. The molecule has 0 aliphatic carbocycles. The molecule has 0 aromatic rings. The van der Waals surface area contributed by atoms with Gasteiger partial charge in [-0.15, -0.1) is 0 Å². The molecule has 4 unspecified atom stereocenters. The maximum atomic E-state index is 12.7. The van der Waals surface area contributed by atoms with Crippen molar-refractivity contribution >= 4 is 0 Å². The van der Waals surface area contributed by atoms with E-state index in [1.54, 1.807) is 0 Å². The second-order valence-electron chi connectivity index (χ2n) is 4.55. The van der Waals surface area contributed by atoms with Gasteiger partial charge in [0.05, 0.1) is 6.54 Å². The number of quaternary nitrogens is 1. The number of ether oxygens (including phenoxy) is 1. The minimum absolute atomic E-state index is 0.0126. The van der Waals surface area contributed by atoms with E-state index in [1.807, 2.05) is 20.8 Å². The zero-order valence-electron chi connectivity index (χ0n) is 10.5. The Kier molecular flexibility index (Phi) is 4.72. The van der Waals surface area contributed by atoms with Crippen molar-refractivity contribution in [1.82, 2.24) is 0 Å². The summed E-state index contributed by atoms with van der Waals surface area (Å²) in [7, 11) is 0. The Bertz CT molecular complexity index is 264. The van der Waals surface area contributed by atoms with Gasteiger partial charge in [-0.2, -0.15) is 5.26 Å². The van der Waals surface area contributed by atoms with Gasteiger partial charge in [-0.1, -0.05) is 20.8 Å². The number of nitrogens with zero attached hydrogens (tertiary/aromatic N) is 2. The Morgan fingerprint density at radius 1 is 1.38 bits per heavy atom. The number of hydrogen-bond acceptors (Lipinski definition) is 3. The van der Waals surface area contributed by atoms with Gasteiger partial charge in [0.1, 0.15) is 24.8 Å². The van der Waals surface area contributed by atoms with E-state index < -0.39 is 6.04 Å². The zero-order chi connectivity index (χ0) is 12.2. The molecular weight excluding hydrogens is 204 g/mol. The minimum Gasteiger partial charge on any atom is -0.632 e. The van der Waals surface area contributed by atoms with Gasteiger partial charge in [0.15, 0.2) is 0 Å². The van der Waals surface area contributed by atoms with Gasteiger partial charge in [0, 0.05) is 0 Å². The number of nitriles is 1. The summed E-state index contributed by atoms with van der Waals surface area (Å²) in [4.78, 5) is 0. The molecule has 1 aliphatic heterocycles. The zero-order valence-corrected chi connectivity index (χ0v) is 10.5. The first-order chi connectivity index (χ1) is 7.61. The van der Waals surface area contributed by atoms with Crippen LogP contribution in [0.15, 0.2) is 0 Å². The standard InChI is InChI=1S/C12H22N2O2/c1-4-7-14(15)9-10(5-2)16-12(6-3)11(14)8-13/h10-12H,4-7,9H2,1-3H3. The van der Waals surface area contributed by atoms with Crippen LogP contribution in [0.25, 0.3) is 0 Å². The Hall–Kier alpha value is -0.630. The molecule has 0 radical (unpaired) electrons. The summed E-state index contributed by atoms with van der Waals surface area (Å²) in [5.41, 5.74) is 0. The van der Waals surface area contributed by atoms with Crippen LogP contribution < -0.4 is 0 Å². The van der Waals surface area contributed by atoms with E-state index in [0.717, 1.165) is 19.3 Å². The first-order valence-electron chi connectivity index (χ1n) is 6.24. The molecule has 0 spiro atoms. The average molecular weight is 226 g/mol. The van der Waals surface area contributed by atoms with E-state index in [9.17, 15) is 5.21 Å². The molecule has 1 aliphatic rings. The summed E-state index contributed by atoms with van der Waals surface area (Å²) >= 11 is 0. The lowest BCUT2D eigenvalue weighted by Crippen LogP contribution is -2.63. The van der Waals surface area contributed by atoms with Crippen LogP contribution in [0.3, 0.4) is 0 Å². The van der Waals surface area contributed by atoms with Crippen LogP contribution in [0.4, 0.5) is 0 Å². The van der Waals surface area contributed by atoms with Gasteiger partial charge in [-0.25, -0.2) is 0 Å². The van der Waals surface area contributed by atoms with Crippen LogP contribution in [0.5, 0.6) is 0 Å². The van der Waals surface area contributed by atoms with Gasteiger partial charge in [0.25, 0.3) is 0 Å². The molecule has 0 bridgehead atoms. The maximum Gasteiger partial charge on any atom is 0.202 e. The van der Waals surface area contributed by atoms with Crippen molar-refractivity contribution in [2.75, 3.05) is 13.1 Å². The van der Waals surface area contributed by atoms with Crippen LogP contribution in [0.2, 0.25) is 0 Å². The number of hydroxylamine groups is 3. The Labute approximate surface area is 98.0 Å². The molecule has 0 saturated carbocycles. The maximum absolute atomic E-state index is 12.7. The third kappa shape index (κ3) is 2.54. The van der Waals surface area contributed by atoms with Gasteiger partial charge < -0.3 is 14.6 Å². The van der Waals surface area contributed by atoms with E-state index in [2.05, 4.69) is 6.07 Å². The Morgan fingerprint density at radius 2 is 2.06 bits per heavy atom. The summed E-state index contributed by atoms with van der Waals surface area (Å²) in [5, 5.41) is 21.8. The fraction of sp³-hybridized carbons (Fsp3) is 0.917. The lowest BCUT2D eigenvalue weighted by Gasteiger charge is -2.53. The van der Waals surface area contributed by atoms with Gasteiger partial charge in [-0.05, 0) is 19.3 Å². The predicted molar refractivity (Wildman–Crippen MR) is 62.3 cm³/mol. The largest absolute Gasteiger partial charge is 0.632 e. The summed E-state index contributed by atoms with van der Waals surface area (Å²) in [6.45, 7) is 6.95. The van der Waals surface area contributed by atoms with Crippen molar-refractivity contribution in [3.8, 4) is 6.07 Å². The van der Waals surface area contributed by atoms with Crippen LogP contribution >= 0.6 is 0 Å². The molecule has 16 heavy (non-hydrogen) atoms. The molecule has 1 heterocycles. The van der Waals surface area contributed by atoms with Gasteiger partial charge in [-0.3, -0.25) is 0 Å². The van der Waals surface area contributed by atoms with Crippen LogP contribution in [0, 0.1) is 16.5 Å². The normalized spacial score (nSPS) is 39.3. The van der Waals surface area contributed by atoms with E-state index >= 15 is 0 Å². The minimum atomic E-state index is -0.548. The molecule has 0 amide bonds. The van der Waals surface area contributed by atoms with Crippen molar-refractivity contribution in [2.24, 2.45) is 0 Å². The van der Waals surface area contributed by atoms with Crippen molar-refractivity contribution in [3.63, 3.8) is 0 Å². The molecular formula is C12H22N2O2. The SMILES string of the molecule is CCC[N+]1([O-])CC(CC)OC(CC)C1C#N. The molecule has 1 rings (SSSR count). The lowest BCUT2D eigenvalue weighted by molar-refractivity contribution is -0.913. The van der Waals surface area contributed by atoms with Crippen molar-refractivity contribution in [2.45, 2.75) is 58.3 Å². The summed E-state index contributed by atoms with van der Waals surface area (Å²) < 4.78 is 5.41. The Balaban J connectivity index is 2.89. The molecule has 0 N–H and O–H groups in total. The number of morpholine rings is 1. The Morgan fingerprint density at radius 3 is 2.50 bits per heavy atom. The highest BCUT2D eigenvalue weighted by Crippen LogP contribution is 2.28. The number of rotatable bonds is 4. The molecule has 0 aromatic carbocycles. The first-order valence-corrected chi connectivity index (χ1v) is 6.24. The molecule has 4 heteroatoms. The highest BCUT2D eigenvalue weighted by molar-refractivity contribution is 4.94. The van der Waals surface area contributed by atoms with Crippen molar-refractivity contribution in [1.29, 1.82) is 5.26 Å². The molecule has 1 fully saturated rings.